The van der Waals surface area contributed by atoms with Crippen molar-refractivity contribution in [1.82, 2.24) is 0 Å². The van der Waals surface area contributed by atoms with Crippen molar-refractivity contribution in [2.45, 2.75) is 38.1 Å². The Labute approximate surface area is 77.4 Å². The van der Waals surface area contributed by atoms with Crippen LogP contribution in [0.2, 0.25) is 6.04 Å². The predicted octanol–water partition coefficient (Wildman–Crippen LogP) is 2.08. The minimum absolute atomic E-state index is 0.666. The van der Waals surface area contributed by atoms with Gasteiger partial charge in [-0.3, -0.25) is 4.99 Å². The van der Waals surface area contributed by atoms with E-state index in [1.54, 1.807) is 7.11 Å². The first kappa shape index (κ1) is 9.93. The van der Waals surface area contributed by atoms with Gasteiger partial charge in [0.05, 0.1) is 0 Å². The lowest BCUT2D eigenvalue weighted by Crippen LogP contribution is -1.96. The first-order valence-electron chi connectivity index (χ1n) is 4.71. The molecule has 0 unspecified atom stereocenters. The molecule has 0 N–H and O–H groups in total. The molecular weight excluding hydrogens is 166 g/mol. The Balaban J connectivity index is 1.96. The van der Waals surface area contributed by atoms with Crippen LogP contribution in [0.15, 0.2) is 4.99 Å². The van der Waals surface area contributed by atoms with Gasteiger partial charge in [-0.2, -0.15) is 0 Å². The van der Waals surface area contributed by atoms with Crippen molar-refractivity contribution < 1.29 is 4.43 Å². The van der Waals surface area contributed by atoms with Crippen LogP contribution in [0.1, 0.15) is 32.1 Å². The van der Waals surface area contributed by atoms with Gasteiger partial charge in [-0.15, -0.1) is 0 Å². The molecule has 0 atom stereocenters. The number of hydrogen-bond donors (Lipinski definition) is 0. The topological polar surface area (TPSA) is 21.6 Å². The van der Waals surface area contributed by atoms with Crippen LogP contribution < -0.4 is 0 Å². The smallest absolute Gasteiger partial charge is 0.229 e. The summed E-state index contributed by atoms with van der Waals surface area (Å²) in [6.07, 6.45) is 6.42. The van der Waals surface area contributed by atoms with Gasteiger partial charge in [0.1, 0.15) is 0 Å². The molecule has 0 amide bonds. The zero-order valence-electron chi connectivity index (χ0n) is 7.81. The highest BCUT2D eigenvalue weighted by Crippen LogP contribution is 2.14. The molecule has 0 aromatic heterocycles. The quantitative estimate of drug-likeness (QED) is 0.472. The highest BCUT2D eigenvalue weighted by Gasteiger charge is 2.06. The summed E-state index contributed by atoms with van der Waals surface area (Å²) in [6, 6.07) is 1.17. The lowest BCUT2D eigenvalue weighted by molar-refractivity contribution is 0.440. The van der Waals surface area contributed by atoms with Gasteiger partial charge < -0.3 is 4.43 Å². The number of hydrogen-bond acceptors (Lipinski definition) is 2. The molecule has 1 saturated carbocycles. The lowest BCUT2D eigenvalue weighted by atomic mass is 10.3. The van der Waals surface area contributed by atoms with E-state index in [1.807, 2.05) is 0 Å². The molecule has 0 aromatic rings. The summed E-state index contributed by atoms with van der Waals surface area (Å²) in [5, 5.41) is 0. The Kier molecular flexibility index (Phi) is 5.27. The molecule has 1 rings (SSSR count). The van der Waals surface area contributed by atoms with Crippen molar-refractivity contribution >= 4 is 15.5 Å². The lowest BCUT2D eigenvalue weighted by Gasteiger charge is -1.96. The van der Waals surface area contributed by atoms with Crippen LogP contribution in [0, 0.1) is 0 Å². The predicted molar refractivity (Wildman–Crippen MR) is 53.0 cm³/mol. The molecule has 0 saturated heterocycles. The second-order valence-corrected chi connectivity index (χ2v) is 4.30. The molecule has 68 valence electrons. The van der Waals surface area contributed by atoms with Crippen molar-refractivity contribution in [2.75, 3.05) is 13.7 Å². The zero-order valence-corrected chi connectivity index (χ0v) is 8.81. The molecule has 0 bridgehead atoms. The maximum atomic E-state index is 4.99. The van der Waals surface area contributed by atoms with Gasteiger partial charge in [-0.25, -0.2) is 0 Å². The van der Waals surface area contributed by atoms with Crippen LogP contribution in [0.5, 0.6) is 0 Å². The Hall–Kier alpha value is -0.153. The molecule has 2 nitrogen and oxygen atoms in total. The standard InChI is InChI=1S/C9H17NOSi/c1-11-12-8-4-7-10-9-5-2-3-6-9/h2-8H2,1H3. The van der Waals surface area contributed by atoms with Crippen LogP contribution in [-0.2, 0) is 4.43 Å². The summed E-state index contributed by atoms with van der Waals surface area (Å²) >= 11 is 0. The molecule has 1 aliphatic carbocycles. The first-order valence-corrected chi connectivity index (χ1v) is 5.83. The molecule has 0 aromatic carbocycles. The Morgan fingerprint density at radius 3 is 2.83 bits per heavy atom. The maximum Gasteiger partial charge on any atom is 0.229 e. The van der Waals surface area contributed by atoms with E-state index >= 15 is 0 Å². The normalized spacial score (nSPS) is 16.9. The van der Waals surface area contributed by atoms with Gasteiger partial charge in [0, 0.05) is 19.4 Å². The van der Waals surface area contributed by atoms with Gasteiger partial charge in [0.2, 0.25) is 9.76 Å². The molecule has 2 radical (unpaired) electrons. The van der Waals surface area contributed by atoms with Crippen LogP contribution in [0.3, 0.4) is 0 Å². The Morgan fingerprint density at radius 2 is 2.17 bits per heavy atom. The van der Waals surface area contributed by atoms with Gasteiger partial charge in [-0.05, 0) is 38.1 Å². The molecule has 1 aliphatic rings. The third kappa shape index (κ3) is 4.02. The van der Waals surface area contributed by atoms with Crippen molar-refractivity contribution in [1.29, 1.82) is 0 Å². The van der Waals surface area contributed by atoms with Gasteiger partial charge in [-0.1, -0.05) is 0 Å². The minimum atomic E-state index is 0.666. The average Bonchev–Trinajstić information content (AvgIpc) is 2.57. The molecule has 12 heavy (non-hydrogen) atoms. The molecule has 0 heterocycles. The maximum absolute atomic E-state index is 4.99. The summed E-state index contributed by atoms with van der Waals surface area (Å²) < 4.78 is 4.99. The summed E-state index contributed by atoms with van der Waals surface area (Å²) in [4.78, 5) is 4.56. The van der Waals surface area contributed by atoms with E-state index in [4.69, 9.17) is 4.43 Å². The van der Waals surface area contributed by atoms with Crippen LogP contribution >= 0.6 is 0 Å². The Bertz CT molecular complexity index is 139. The fourth-order valence-corrected chi connectivity index (χ4v) is 1.94. The van der Waals surface area contributed by atoms with E-state index in [9.17, 15) is 0 Å². The number of nitrogens with zero attached hydrogens (tertiary/aromatic N) is 1. The summed E-state index contributed by atoms with van der Waals surface area (Å²) in [5.74, 6) is 0. The monoisotopic (exact) mass is 183 g/mol. The summed E-state index contributed by atoms with van der Waals surface area (Å²) in [5.41, 5.74) is 1.45. The Morgan fingerprint density at radius 1 is 1.42 bits per heavy atom. The molecule has 1 fully saturated rings. The van der Waals surface area contributed by atoms with Gasteiger partial charge >= 0.3 is 0 Å². The minimum Gasteiger partial charge on any atom is -0.421 e. The largest absolute Gasteiger partial charge is 0.421 e. The van der Waals surface area contributed by atoms with Crippen molar-refractivity contribution in [3.63, 3.8) is 0 Å². The van der Waals surface area contributed by atoms with Gasteiger partial charge in [0.15, 0.2) is 0 Å². The average molecular weight is 183 g/mol. The van der Waals surface area contributed by atoms with Gasteiger partial charge in [0.25, 0.3) is 0 Å². The van der Waals surface area contributed by atoms with Crippen LogP contribution in [-0.4, -0.2) is 29.1 Å². The van der Waals surface area contributed by atoms with Crippen molar-refractivity contribution in [2.24, 2.45) is 4.99 Å². The van der Waals surface area contributed by atoms with Crippen molar-refractivity contribution in [3.8, 4) is 0 Å². The molecular formula is C9H17NOSi. The van der Waals surface area contributed by atoms with Crippen molar-refractivity contribution in [3.05, 3.63) is 0 Å². The fourth-order valence-electron chi connectivity index (χ4n) is 1.43. The highest BCUT2D eigenvalue weighted by atomic mass is 28.2. The third-order valence-electron chi connectivity index (χ3n) is 2.10. The second kappa shape index (κ2) is 6.37. The van der Waals surface area contributed by atoms with E-state index < -0.39 is 0 Å². The van der Waals surface area contributed by atoms with Crippen LogP contribution in [0.25, 0.3) is 0 Å². The van der Waals surface area contributed by atoms with E-state index in [0.717, 1.165) is 6.54 Å². The fraction of sp³-hybridized carbons (Fsp3) is 0.889. The molecule has 0 spiro atoms. The zero-order chi connectivity index (χ0) is 8.65. The first-order chi connectivity index (χ1) is 5.93. The summed E-state index contributed by atoms with van der Waals surface area (Å²) in [6.45, 7) is 1.02. The van der Waals surface area contributed by atoms with Crippen LogP contribution in [0.4, 0.5) is 0 Å². The highest BCUT2D eigenvalue weighted by molar-refractivity contribution is 6.26. The van der Waals surface area contributed by atoms with E-state index in [2.05, 4.69) is 4.99 Å². The number of rotatable bonds is 5. The van der Waals surface area contributed by atoms with E-state index in [1.165, 1.54) is 43.9 Å². The number of aliphatic imine (C=N–C) groups is 1. The summed E-state index contributed by atoms with van der Waals surface area (Å²) in [7, 11) is 2.43. The third-order valence-corrected chi connectivity index (χ3v) is 2.94. The molecule has 0 aliphatic heterocycles. The molecule has 3 heteroatoms. The SMILES string of the molecule is CO[Si]CCCN=C1CCCC1. The second-order valence-electron chi connectivity index (χ2n) is 3.11. The van der Waals surface area contributed by atoms with E-state index in [0.29, 0.717) is 9.76 Å². The van der Waals surface area contributed by atoms with E-state index in [-0.39, 0.29) is 0 Å².